The van der Waals surface area contributed by atoms with E-state index < -0.39 is 52.7 Å². The first-order chi connectivity index (χ1) is 13.1. The molecule has 29 heavy (non-hydrogen) atoms. The SMILES string of the molecule is CC(C)(C)OC(=O)N[C@H](C(=O)N1C[C@@]2(F)[C@@H]([C@H]1C(=O)O)[C@H]1C=C[C@@H]2C1)C(C)(C)C. The fourth-order valence-corrected chi connectivity index (χ4v) is 4.97. The number of carboxylic acids is 1. The number of halogens is 1. The van der Waals surface area contributed by atoms with Gasteiger partial charge in [0.1, 0.15) is 23.4 Å². The quantitative estimate of drug-likeness (QED) is 0.698. The molecule has 2 fully saturated rings. The number of carbonyl (C=O) groups is 3. The first kappa shape index (κ1) is 21.6. The van der Waals surface area contributed by atoms with Crippen molar-refractivity contribution in [3.63, 3.8) is 0 Å². The monoisotopic (exact) mass is 410 g/mol. The van der Waals surface area contributed by atoms with Crippen LogP contribution in [0.15, 0.2) is 12.2 Å². The zero-order chi connectivity index (χ0) is 21.9. The molecule has 8 heteroatoms. The molecule has 0 radical (unpaired) electrons. The summed E-state index contributed by atoms with van der Waals surface area (Å²) in [5, 5.41) is 12.4. The number of nitrogens with zero attached hydrogens (tertiary/aromatic N) is 1. The van der Waals surface area contributed by atoms with Crippen LogP contribution < -0.4 is 5.32 Å². The van der Waals surface area contributed by atoms with E-state index in [4.69, 9.17) is 4.74 Å². The highest BCUT2D eigenvalue weighted by molar-refractivity contribution is 5.91. The van der Waals surface area contributed by atoms with Crippen molar-refractivity contribution < 1.29 is 28.6 Å². The lowest BCUT2D eigenvalue weighted by atomic mass is 9.79. The molecule has 162 valence electrons. The summed E-state index contributed by atoms with van der Waals surface area (Å²) in [6.45, 7) is 10.1. The molecule has 2 N–H and O–H groups in total. The number of amides is 2. The van der Waals surface area contributed by atoms with Crippen molar-refractivity contribution in [3.05, 3.63) is 12.2 Å². The van der Waals surface area contributed by atoms with Crippen molar-refractivity contribution >= 4 is 18.0 Å². The molecule has 1 heterocycles. The molecule has 0 aromatic heterocycles. The number of allylic oxidation sites excluding steroid dienone is 2. The number of rotatable bonds is 3. The molecule has 0 spiro atoms. The van der Waals surface area contributed by atoms with Crippen LogP contribution in [0.2, 0.25) is 0 Å². The summed E-state index contributed by atoms with van der Waals surface area (Å²) in [6.07, 6.45) is 3.49. The van der Waals surface area contributed by atoms with Crippen molar-refractivity contribution in [3.8, 4) is 0 Å². The van der Waals surface area contributed by atoms with Crippen LogP contribution in [0.1, 0.15) is 48.0 Å². The highest BCUT2D eigenvalue weighted by Crippen LogP contribution is 2.58. The van der Waals surface area contributed by atoms with Crippen LogP contribution in [0, 0.1) is 23.2 Å². The molecule has 1 aliphatic heterocycles. The average molecular weight is 410 g/mol. The van der Waals surface area contributed by atoms with E-state index >= 15 is 4.39 Å². The highest BCUT2D eigenvalue weighted by atomic mass is 19.1. The smallest absolute Gasteiger partial charge is 0.408 e. The second-order valence-corrected chi connectivity index (χ2v) is 10.5. The Morgan fingerprint density at radius 3 is 2.34 bits per heavy atom. The lowest BCUT2D eigenvalue weighted by molar-refractivity contribution is -0.151. The van der Waals surface area contributed by atoms with Crippen LogP contribution in [-0.4, -0.2) is 57.9 Å². The Morgan fingerprint density at radius 1 is 1.21 bits per heavy atom. The van der Waals surface area contributed by atoms with Gasteiger partial charge in [-0.2, -0.15) is 0 Å². The van der Waals surface area contributed by atoms with Gasteiger partial charge in [0.15, 0.2) is 0 Å². The van der Waals surface area contributed by atoms with Gasteiger partial charge in [0.2, 0.25) is 5.91 Å². The Hall–Kier alpha value is -2.12. The molecular weight excluding hydrogens is 379 g/mol. The number of carbonyl (C=O) groups excluding carboxylic acids is 2. The number of alkyl halides is 1. The Morgan fingerprint density at radius 2 is 1.83 bits per heavy atom. The van der Waals surface area contributed by atoms with Gasteiger partial charge in [0.25, 0.3) is 0 Å². The fourth-order valence-electron chi connectivity index (χ4n) is 4.97. The Balaban J connectivity index is 1.88. The normalized spacial score (nSPS) is 34.1. The molecule has 0 aromatic rings. The second-order valence-electron chi connectivity index (χ2n) is 10.5. The summed E-state index contributed by atoms with van der Waals surface area (Å²) in [5.41, 5.74) is -3.22. The van der Waals surface area contributed by atoms with Gasteiger partial charge in [-0.25, -0.2) is 14.0 Å². The van der Waals surface area contributed by atoms with Gasteiger partial charge < -0.3 is 20.1 Å². The van der Waals surface area contributed by atoms with E-state index in [-0.39, 0.29) is 18.4 Å². The van der Waals surface area contributed by atoms with Crippen molar-refractivity contribution in [2.45, 2.75) is 71.3 Å². The number of hydrogen-bond acceptors (Lipinski definition) is 4. The van der Waals surface area contributed by atoms with E-state index in [0.717, 1.165) is 4.90 Å². The molecule has 0 unspecified atom stereocenters. The topological polar surface area (TPSA) is 95.9 Å². The van der Waals surface area contributed by atoms with Crippen molar-refractivity contribution in [1.29, 1.82) is 0 Å². The summed E-state index contributed by atoms with van der Waals surface area (Å²) in [4.78, 5) is 38.9. The van der Waals surface area contributed by atoms with E-state index in [9.17, 15) is 19.5 Å². The minimum atomic E-state index is -1.74. The van der Waals surface area contributed by atoms with Crippen molar-refractivity contribution in [2.75, 3.05) is 6.54 Å². The summed E-state index contributed by atoms with van der Waals surface area (Å²) in [7, 11) is 0. The maximum atomic E-state index is 15.8. The number of hydrogen-bond donors (Lipinski definition) is 2. The van der Waals surface area contributed by atoms with Crippen LogP contribution in [0.3, 0.4) is 0 Å². The van der Waals surface area contributed by atoms with E-state index in [1.807, 2.05) is 6.08 Å². The molecule has 6 atom stereocenters. The summed E-state index contributed by atoms with van der Waals surface area (Å²) in [5.74, 6) is -3.13. The average Bonchev–Trinajstić information content (AvgIpc) is 3.18. The third-order valence-corrected chi connectivity index (χ3v) is 6.15. The molecule has 0 aromatic carbocycles. The third kappa shape index (κ3) is 3.73. The maximum absolute atomic E-state index is 15.8. The van der Waals surface area contributed by atoms with Gasteiger partial charge in [-0.15, -0.1) is 0 Å². The van der Waals surface area contributed by atoms with E-state index in [1.165, 1.54) is 0 Å². The molecule has 1 saturated carbocycles. The van der Waals surface area contributed by atoms with Crippen LogP contribution in [0.25, 0.3) is 0 Å². The van der Waals surface area contributed by atoms with Gasteiger partial charge in [-0.05, 0) is 38.5 Å². The van der Waals surface area contributed by atoms with Crippen LogP contribution in [0.5, 0.6) is 0 Å². The fraction of sp³-hybridized carbons (Fsp3) is 0.762. The van der Waals surface area contributed by atoms with Crippen LogP contribution in [-0.2, 0) is 14.3 Å². The third-order valence-electron chi connectivity index (χ3n) is 6.15. The Bertz CT molecular complexity index is 753. The number of ether oxygens (including phenoxy) is 1. The molecule has 3 aliphatic rings. The molecule has 2 aliphatic carbocycles. The first-order valence-corrected chi connectivity index (χ1v) is 10.1. The number of alkyl carbamates (subject to hydrolysis) is 1. The molecular formula is C21H31FN2O5. The van der Waals surface area contributed by atoms with Gasteiger partial charge >= 0.3 is 12.1 Å². The molecule has 2 bridgehead atoms. The number of fused-ring (bicyclic) bond motifs is 5. The van der Waals surface area contributed by atoms with E-state index in [0.29, 0.717) is 6.42 Å². The van der Waals surface area contributed by atoms with Crippen LogP contribution in [0.4, 0.5) is 9.18 Å². The van der Waals surface area contributed by atoms with Gasteiger partial charge in [0.05, 0.1) is 6.54 Å². The number of aliphatic carboxylic acids is 1. The van der Waals surface area contributed by atoms with Crippen molar-refractivity contribution in [2.24, 2.45) is 23.2 Å². The Labute approximate surface area is 170 Å². The zero-order valence-electron chi connectivity index (χ0n) is 17.9. The lowest BCUT2D eigenvalue weighted by Crippen LogP contribution is -2.58. The molecule has 1 saturated heterocycles. The molecule has 2 amide bonds. The summed E-state index contributed by atoms with van der Waals surface area (Å²) < 4.78 is 21.1. The standard InChI is InChI=1S/C21H31FN2O5/c1-19(2,3)15(23-18(28)29-20(4,5)6)16(25)24-10-21(22)12-8-7-11(9-12)13(21)14(24)17(26)27/h7-8,11-15H,9-10H2,1-6H3,(H,23,28)(H,26,27)/t11-,12+,13+,14-,15+,21-/m0/s1. The zero-order valence-corrected chi connectivity index (χ0v) is 17.9. The minimum absolute atomic E-state index is 0.184. The summed E-state index contributed by atoms with van der Waals surface area (Å²) >= 11 is 0. The highest BCUT2D eigenvalue weighted by Gasteiger charge is 2.68. The summed E-state index contributed by atoms with van der Waals surface area (Å²) in [6, 6.07) is -2.30. The minimum Gasteiger partial charge on any atom is -0.480 e. The molecule has 7 nitrogen and oxygen atoms in total. The predicted octanol–water partition coefficient (Wildman–Crippen LogP) is 2.75. The lowest BCUT2D eigenvalue weighted by Gasteiger charge is -2.36. The second kappa shape index (κ2) is 6.71. The largest absolute Gasteiger partial charge is 0.480 e. The predicted molar refractivity (Wildman–Crippen MR) is 104 cm³/mol. The van der Waals surface area contributed by atoms with Gasteiger partial charge in [0, 0.05) is 11.8 Å². The first-order valence-electron chi connectivity index (χ1n) is 10.1. The van der Waals surface area contributed by atoms with E-state index in [2.05, 4.69) is 5.32 Å². The molecule has 3 rings (SSSR count). The maximum Gasteiger partial charge on any atom is 0.408 e. The Kier molecular flexibility index (Phi) is 4.99. The van der Waals surface area contributed by atoms with E-state index in [1.54, 1.807) is 47.6 Å². The number of carboxylic acid groups (broad SMARTS) is 1. The number of nitrogens with one attached hydrogen (secondary N) is 1. The number of likely N-dealkylation sites (tertiary alicyclic amines) is 1. The van der Waals surface area contributed by atoms with Gasteiger partial charge in [-0.1, -0.05) is 32.9 Å². The van der Waals surface area contributed by atoms with Crippen LogP contribution >= 0.6 is 0 Å². The van der Waals surface area contributed by atoms with Crippen molar-refractivity contribution in [1.82, 2.24) is 10.2 Å². The van der Waals surface area contributed by atoms with Gasteiger partial charge in [-0.3, -0.25) is 4.79 Å².